The number of hydrogen-bond donors (Lipinski definition) is 1. The van der Waals surface area contributed by atoms with Crippen LogP contribution in [-0.2, 0) is 11.3 Å². The molecule has 1 amide bonds. The average Bonchev–Trinajstić information content (AvgIpc) is 3.13. The van der Waals surface area contributed by atoms with Gasteiger partial charge in [-0.25, -0.2) is 0 Å². The summed E-state index contributed by atoms with van der Waals surface area (Å²) >= 11 is 0. The Kier molecular flexibility index (Phi) is 6.40. The summed E-state index contributed by atoms with van der Waals surface area (Å²) in [6.45, 7) is 1.82. The van der Waals surface area contributed by atoms with Crippen molar-refractivity contribution < 1.29 is 36.7 Å². The number of amides is 1. The minimum Gasteiger partial charge on any atom is -0.485 e. The molecule has 0 bridgehead atoms. The Morgan fingerprint density at radius 2 is 1.96 bits per heavy atom. The third-order valence-electron chi connectivity index (χ3n) is 4.10. The number of nitrogens with one attached hydrogen (secondary N) is 1. The topological polar surface area (TPSA) is 82.8 Å². The molecule has 0 saturated carbocycles. The number of carbonyl (C=O) groups excluding carboxylic acids is 1. The molecule has 0 atom stereocenters. The lowest BCUT2D eigenvalue weighted by Gasteiger charge is -2.21. The molecule has 0 spiro atoms. The van der Waals surface area contributed by atoms with Crippen LogP contribution in [-0.4, -0.2) is 37.2 Å². The molecule has 0 aliphatic carbocycles. The number of aromatic nitrogens is 1. The first kappa shape index (κ1) is 20.0. The van der Waals surface area contributed by atoms with Crippen molar-refractivity contribution >= 4 is 5.91 Å². The molecule has 7 nitrogen and oxygen atoms in total. The molecule has 1 aromatic heterocycles. The molecule has 1 aliphatic heterocycles. The standard InChI is InChI=1S/C18H19F3N2O5/c19-18(20,21)27-14-3-1-2-13(8-14)26-11-15-9-16(23-28-15)17(24)22-10-12-4-6-25-7-5-12/h1-3,8-9,12H,4-7,10-11H2,(H,22,24). The maximum Gasteiger partial charge on any atom is 0.573 e. The first-order chi connectivity index (χ1) is 13.4. The molecule has 0 radical (unpaired) electrons. The maximum atomic E-state index is 12.3. The normalized spacial score (nSPS) is 15.2. The molecule has 152 valence electrons. The molecule has 0 unspecified atom stereocenters. The Labute approximate surface area is 158 Å². The number of alkyl halides is 3. The maximum absolute atomic E-state index is 12.3. The number of ether oxygens (including phenoxy) is 3. The molecule has 2 heterocycles. The molecule has 28 heavy (non-hydrogen) atoms. The van der Waals surface area contributed by atoms with Crippen LogP contribution < -0.4 is 14.8 Å². The van der Waals surface area contributed by atoms with E-state index in [1.807, 2.05) is 0 Å². The molecule has 1 aromatic carbocycles. The van der Waals surface area contributed by atoms with Gasteiger partial charge < -0.3 is 24.1 Å². The molecular weight excluding hydrogens is 381 g/mol. The quantitative estimate of drug-likeness (QED) is 0.768. The van der Waals surface area contributed by atoms with Crippen molar-refractivity contribution in [2.75, 3.05) is 19.8 Å². The van der Waals surface area contributed by atoms with Crippen molar-refractivity contribution in [1.29, 1.82) is 0 Å². The fraction of sp³-hybridized carbons (Fsp3) is 0.444. The lowest BCUT2D eigenvalue weighted by Crippen LogP contribution is -2.32. The summed E-state index contributed by atoms with van der Waals surface area (Å²) in [7, 11) is 0. The Hall–Kier alpha value is -2.75. The van der Waals surface area contributed by atoms with Gasteiger partial charge >= 0.3 is 6.36 Å². The van der Waals surface area contributed by atoms with Crippen molar-refractivity contribution in [3.63, 3.8) is 0 Å². The van der Waals surface area contributed by atoms with E-state index in [4.69, 9.17) is 14.0 Å². The molecule has 1 fully saturated rings. The summed E-state index contributed by atoms with van der Waals surface area (Å²) in [4.78, 5) is 12.1. The van der Waals surface area contributed by atoms with Crippen LogP contribution in [0.5, 0.6) is 11.5 Å². The summed E-state index contributed by atoms with van der Waals surface area (Å²) in [5.74, 6) is 0.0402. The zero-order chi connectivity index (χ0) is 20.0. The number of carbonyl (C=O) groups is 1. The lowest BCUT2D eigenvalue weighted by atomic mass is 10.0. The fourth-order valence-electron chi connectivity index (χ4n) is 2.68. The van der Waals surface area contributed by atoms with E-state index in [1.54, 1.807) is 0 Å². The Balaban J connectivity index is 1.49. The monoisotopic (exact) mass is 400 g/mol. The van der Waals surface area contributed by atoms with Crippen LogP contribution in [0, 0.1) is 5.92 Å². The Morgan fingerprint density at radius 1 is 1.21 bits per heavy atom. The van der Waals surface area contributed by atoms with E-state index in [2.05, 4.69) is 15.2 Å². The van der Waals surface area contributed by atoms with Crippen LogP contribution >= 0.6 is 0 Å². The SMILES string of the molecule is O=C(NCC1CCOCC1)c1cc(COc2cccc(OC(F)(F)F)c2)on1. The summed E-state index contributed by atoms with van der Waals surface area (Å²) in [6, 6.07) is 6.53. The van der Waals surface area contributed by atoms with E-state index in [9.17, 15) is 18.0 Å². The smallest absolute Gasteiger partial charge is 0.485 e. The van der Waals surface area contributed by atoms with Crippen molar-refractivity contribution in [2.24, 2.45) is 5.92 Å². The van der Waals surface area contributed by atoms with Gasteiger partial charge in [-0.05, 0) is 30.9 Å². The summed E-state index contributed by atoms with van der Waals surface area (Å²) in [6.07, 6.45) is -2.99. The van der Waals surface area contributed by atoms with Gasteiger partial charge in [-0.2, -0.15) is 0 Å². The Morgan fingerprint density at radius 3 is 2.71 bits per heavy atom. The third-order valence-corrected chi connectivity index (χ3v) is 4.10. The van der Waals surface area contributed by atoms with Gasteiger partial charge in [0.1, 0.15) is 18.1 Å². The minimum absolute atomic E-state index is 0.101. The van der Waals surface area contributed by atoms with E-state index < -0.39 is 12.1 Å². The summed E-state index contributed by atoms with van der Waals surface area (Å²) in [5, 5.41) is 6.50. The second-order valence-corrected chi connectivity index (χ2v) is 6.26. The van der Waals surface area contributed by atoms with E-state index in [0.29, 0.717) is 25.7 Å². The zero-order valence-corrected chi connectivity index (χ0v) is 14.8. The minimum atomic E-state index is -4.78. The second kappa shape index (κ2) is 8.96. The highest BCUT2D eigenvalue weighted by Crippen LogP contribution is 2.26. The molecule has 10 heteroatoms. The van der Waals surface area contributed by atoms with Gasteiger partial charge in [0, 0.05) is 31.9 Å². The predicted molar refractivity (Wildman–Crippen MR) is 89.8 cm³/mol. The highest BCUT2D eigenvalue weighted by molar-refractivity contribution is 5.92. The molecular formula is C18H19F3N2O5. The van der Waals surface area contributed by atoms with Crippen LogP contribution in [0.4, 0.5) is 13.2 Å². The van der Waals surface area contributed by atoms with Crippen LogP contribution in [0.25, 0.3) is 0 Å². The molecule has 1 aliphatic rings. The van der Waals surface area contributed by atoms with E-state index >= 15 is 0 Å². The number of halogens is 3. The predicted octanol–water partition coefficient (Wildman–Crippen LogP) is 3.31. The van der Waals surface area contributed by atoms with Gasteiger partial charge in [0.25, 0.3) is 5.91 Å². The fourth-order valence-corrected chi connectivity index (χ4v) is 2.68. The highest BCUT2D eigenvalue weighted by atomic mass is 19.4. The van der Waals surface area contributed by atoms with Crippen LogP contribution in [0.15, 0.2) is 34.9 Å². The highest BCUT2D eigenvalue weighted by Gasteiger charge is 2.31. The largest absolute Gasteiger partial charge is 0.573 e. The molecule has 1 N–H and O–H groups in total. The van der Waals surface area contributed by atoms with Gasteiger partial charge in [-0.1, -0.05) is 11.2 Å². The first-order valence-corrected chi connectivity index (χ1v) is 8.69. The van der Waals surface area contributed by atoms with Gasteiger partial charge in [0.2, 0.25) is 0 Å². The van der Waals surface area contributed by atoms with Crippen LogP contribution in [0.2, 0.25) is 0 Å². The van der Waals surface area contributed by atoms with Crippen molar-refractivity contribution in [2.45, 2.75) is 25.8 Å². The lowest BCUT2D eigenvalue weighted by molar-refractivity contribution is -0.274. The zero-order valence-electron chi connectivity index (χ0n) is 14.8. The van der Waals surface area contributed by atoms with Crippen molar-refractivity contribution in [1.82, 2.24) is 10.5 Å². The van der Waals surface area contributed by atoms with Crippen LogP contribution in [0.3, 0.4) is 0 Å². The third kappa shape index (κ3) is 6.15. The molecule has 1 saturated heterocycles. The van der Waals surface area contributed by atoms with Gasteiger partial charge in [-0.15, -0.1) is 13.2 Å². The number of rotatable bonds is 7. The van der Waals surface area contributed by atoms with Crippen molar-refractivity contribution in [3.8, 4) is 11.5 Å². The van der Waals surface area contributed by atoms with Crippen LogP contribution in [0.1, 0.15) is 29.1 Å². The van der Waals surface area contributed by atoms with Gasteiger partial charge in [-0.3, -0.25) is 4.79 Å². The van der Waals surface area contributed by atoms with E-state index in [0.717, 1.165) is 25.0 Å². The molecule has 3 rings (SSSR count). The van der Waals surface area contributed by atoms with E-state index in [1.165, 1.54) is 18.2 Å². The molecule has 2 aromatic rings. The summed E-state index contributed by atoms with van der Waals surface area (Å²) in [5.41, 5.74) is 0.111. The van der Waals surface area contributed by atoms with Crippen molar-refractivity contribution in [3.05, 3.63) is 41.8 Å². The van der Waals surface area contributed by atoms with E-state index in [-0.39, 0.29) is 29.7 Å². The number of hydrogen-bond acceptors (Lipinski definition) is 6. The van der Waals surface area contributed by atoms with Gasteiger partial charge in [0.05, 0.1) is 0 Å². The summed E-state index contributed by atoms with van der Waals surface area (Å²) < 4.78 is 56.3. The second-order valence-electron chi connectivity index (χ2n) is 6.26. The Bertz CT molecular complexity index is 788. The number of nitrogens with zero attached hydrogens (tertiary/aromatic N) is 1. The first-order valence-electron chi connectivity index (χ1n) is 8.69. The average molecular weight is 400 g/mol. The van der Waals surface area contributed by atoms with Gasteiger partial charge in [0.15, 0.2) is 11.5 Å². The number of benzene rings is 1.